The average Bonchev–Trinajstić information content (AvgIpc) is 2.60. The van der Waals surface area contributed by atoms with Gasteiger partial charge in [-0.25, -0.2) is 0 Å². The van der Waals surface area contributed by atoms with Crippen LogP contribution in [-0.2, 0) is 0 Å². The molecule has 1 aromatic heterocycles. The van der Waals surface area contributed by atoms with Crippen LogP contribution < -0.4 is 5.73 Å². The van der Waals surface area contributed by atoms with Gasteiger partial charge in [-0.05, 0) is 19.1 Å². The van der Waals surface area contributed by atoms with Gasteiger partial charge in [0.1, 0.15) is 5.69 Å². The molecule has 1 heterocycles. The molecule has 0 aliphatic rings. The zero-order valence-electron chi connectivity index (χ0n) is 8.51. The van der Waals surface area contributed by atoms with Crippen LogP contribution in [0.1, 0.15) is 5.56 Å². The van der Waals surface area contributed by atoms with Crippen molar-refractivity contribution in [2.45, 2.75) is 6.92 Å². The number of hydrogen-bond acceptors (Lipinski definition) is 5. The molecule has 6 heteroatoms. The number of nitrogens with zero attached hydrogens (tertiary/aromatic N) is 2. The molecule has 0 amide bonds. The molecule has 0 fully saturated rings. The fourth-order valence-electron chi connectivity index (χ4n) is 1.36. The Hall–Kier alpha value is -2.37. The molecule has 6 nitrogen and oxygen atoms in total. The standard InChI is InChI=1S/C10H9N3O3/c1-6-9(12-16-10(6)11)7-2-4-8(5-3-7)13(14)15/h2-5H,11H2,1H3. The predicted molar refractivity (Wildman–Crippen MR) is 57.7 cm³/mol. The fraction of sp³-hybridized carbons (Fsp3) is 0.100. The van der Waals surface area contributed by atoms with E-state index in [0.29, 0.717) is 5.69 Å². The summed E-state index contributed by atoms with van der Waals surface area (Å²) >= 11 is 0. The molecule has 0 saturated carbocycles. The molecule has 0 aliphatic heterocycles. The molecule has 2 N–H and O–H groups in total. The molecule has 0 saturated heterocycles. The van der Waals surface area contributed by atoms with Crippen LogP contribution in [0.4, 0.5) is 11.6 Å². The lowest BCUT2D eigenvalue weighted by atomic mass is 10.1. The second-order valence-electron chi connectivity index (χ2n) is 3.32. The zero-order chi connectivity index (χ0) is 11.7. The number of anilines is 1. The van der Waals surface area contributed by atoms with Crippen molar-refractivity contribution in [2.75, 3.05) is 5.73 Å². The van der Waals surface area contributed by atoms with E-state index in [1.54, 1.807) is 19.1 Å². The molecule has 0 unspecified atom stereocenters. The van der Waals surface area contributed by atoms with E-state index in [2.05, 4.69) is 5.16 Å². The number of aromatic nitrogens is 1. The minimum Gasteiger partial charge on any atom is -0.367 e. The van der Waals surface area contributed by atoms with Gasteiger partial charge in [-0.15, -0.1) is 0 Å². The SMILES string of the molecule is Cc1c(-c2ccc([N+](=O)[O-])cc2)noc1N. The van der Waals surface area contributed by atoms with Crippen LogP contribution in [0, 0.1) is 17.0 Å². The number of non-ortho nitro benzene ring substituents is 1. The summed E-state index contributed by atoms with van der Waals surface area (Å²) in [4.78, 5) is 10.0. The molecule has 2 rings (SSSR count). The second kappa shape index (κ2) is 3.65. The Labute approximate surface area is 90.8 Å². The van der Waals surface area contributed by atoms with Crippen molar-refractivity contribution in [1.29, 1.82) is 0 Å². The molecule has 82 valence electrons. The van der Waals surface area contributed by atoms with E-state index < -0.39 is 4.92 Å². The molecule has 0 radical (unpaired) electrons. The van der Waals surface area contributed by atoms with E-state index in [4.69, 9.17) is 10.3 Å². The lowest BCUT2D eigenvalue weighted by Crippen LogP contribution is -1.88. The first-order valence-electron chi connectivity index (χ1n) is 4.56. The van der Waals surface area contributed by atoms with Crippen molar-refractivity contribution in [3.63, 3.8) is 0 Å². The third-order valence-electron chi connectivity index (χ3n) is 2.31. The highest BCUT2D eigenvalue weighted by atomic mass is 16.6. The Morgan fingerprint density at radius 1 is 1.38 bits per heavy atom. The summed E-state index contributed by atoms with van der Waals surface area (Å²) in [5, 5.41) is 14.3. The minimum absolute atomic E-state index is 0.0397. The maximum Gasteiger partial charge on any atom is 0.269 e. The van der Waals surface area contributed by atoms with E-state index in [1.165, 1.54) is 12.1 Å². The van der Waals surface area contributed by atoms with Gasteiger partial charge in [0.25, 0.3) is 5.69 Å². The number of nitro groups is 1. The molecule has 0 aliphatic carbocycles. The van der Waals surface area contributed by atoms with Crippen LogP contribution in [0.2, 0.25) is 0 Å². The minimum atomic E-state index is -0.451. The van der Waals surface area contributed by atoms with E-state index in [0.717, 1.165) is 11.1 Å². The maximum absolute atomic E-state index is 10.5. The summed E-state index contributed by atoms with van der Waals surface area (Å²) in [7, 11) is 0. The first kappa shape index (κ1) is 10.2. The molecule has 2 aromatic rings. The quantitative estimate of drug-likeness (QED) is 0.616. The third kappa shape index (κ3) is 1.60. The Kier molecular flexibility index (Phi) is 2.32. The Balaban J connectivity index is 2.42. The van der Waals surface area contributed by atoms with E-state index in [9.17, 15) is 10.1 Å². The summed E-state index contributed by atoms with van der Waals surface area (Å²) in [5.74, 6) is 0.258. The van der Waals surface area contributed by atoms with Gasteiger partial charge in [-0.1, -0.05) is 5.16 Å². The molecule has 0 spiro atoms. The van der Waals surface area contributed by atoms with E-state index in [-0.39, 0.29) is 11.6 Å². The lowest BCUT2D eigenvalue weighted by molar-refractivity contribution is -0.384. The molecular formula is C10H9N3O3. The van der Waals surface area contributed by atoms with Crippen molar-refractivity contribution in [3.05, 3.63) is 39.9 Å². The topological polar surface area (TPSA) is 95.2 Å². The van der Waals surface area contributed by atoms with Crippen molar-refractivity contribution in [3.8, 4) is 11.3 Å². The first-order valence-corrected chi connectivity index (χ1v) is 4.56. The molecular weight excluding hydrogens is 210 g/mol. The summed E-state index contributed by atoms with van der Waals surface area (Å²) in [5.41, 5.74) is 7.63. The predicted octanol–water partition coefficient (Wildman–Crippen LogP) is 2.14. The summed E-state index contributed by atoms with van der Waals surface area (Å²) in [6, 6.07) is 6.06. The third-order valence-corrected chi connectivity index (χ3v) is 2.31. The first-order chi connectivity index (χ1) is 7.59. The van der Waals surface area contributed by atoms with Gasteiger partial charge in [0.2, 0.25) is 5.88 Å². The Morgan fingerprint density at radius 3 is 2.44 bits per heavy atom. The van der Waals surface area contributed by atoms with Crippen LogP contribution in [0.5, 0.6) is 0 Å². The van der Waals surface area contributed by atoms with Crippen LogP contribution in [0.3, 0.4) is 0 Å². The number of benzene rings is 1. The van der Waals surface area contributed by atoms with Crippen molar-refractivity contribution < 1.29 is 9.45 Å². The van der Waals surface area contributed by atoms with Crippen LogP contribution in [-0.4, -0.2) is 10.1 Å². The average molecular weight is 219 g/mol. The van der Waals surface area contributed by atoms with Crippen LogP contribution >= 0.6 is 0 Å². The van der Waals surface area contributed by atoms with E-state index in [1.807, 2.05) is 0 Å². The lowest BCUT2D eigenvalue weighted by Gasteiger charge is -1.96. The maximum atomic E-state index is 10.5. The Bertz CT molecular complexity index is 531. The normalized spacial score (nSPS) is 10.3. The fourth-order valence-corrected chi connectivity index (χ4v) is 1.36. The number of nitrogens with two attached hydrogens (primary N) is 1. The molecule has 0 atom stereocenters. The summed E-state index contributed by atoms with van der Waals surface area (Å²) in [6.07, 6.45) is 0. The van der Waals surface area contributed by atoms with Gasteiger partial charge in [0.15, 0.2) is 0 Å². The molecule has 16 heavy (non-hydrogen) atoms. The number of rotatable bonds is 2. The monoisotopic (exact) mass is 219 g/mol. The smallest absolute Gasteiger partial charge is 0.269 e. The number of nitrogen functional groups attached to an aromatic ring is 1. The number of nitro benzene ring substituents is 1. The van der Waals surface area contributed by atoms with Crippen LogP contribution in [0.15, 0.2) is 28.8 Å². The van der Waals surface area contributed by atoms with Crippen molar-refractivity contribution >= 4 is 11.6 Å². The zero-order valence-corrected chi connectivity index (χ0v) is 8.51. The van der Waals surface area contributed by atoms with Gasteiger partial charge < -0.3 is 10.3 Å². The highest BCUT2D eigenvalue weighted by Crippen LogP contribution is 2.27. The van der Waals surface area contributed by atoms with Gasteiger partial charge >= 0.3 is 0 Å². The van der Waals surface area contributed by atoms with Crippen LogP contribution in [0.25, 0.3) is 11.3 Å². The highest BCUT2D eigenvalue weighted by Gasteiger charge is 2.12. The largest absolute Gasteiger partial charge is 0.367 e. The second-order valence-corrected chi connectivity index (χ2v) is 3.32. The Morgan fingerprint density at radius 2 is 2.00 bits per heavy atom. The highest BCUT2D eigenvalue weighted by molar-refractivity contribution is 5.67. The summed E-state index contributed by atoms with van der Waals surface area (Å²) < 4.78 is 4.82. The summed E-state index contributed by atoms with van der Waals surface area (Å²) in [6.45, 7) is 1.78. The van der Waals surface area contributed by atoms with Crippen molar-refractivity contribution in [2.24, 2.45) is 0 Å². The molecule has 0 bridgehead atoms. The number of hydrogen-bond donors (Lipinski definition) is 1. The van der Waals surface area contributed by atoms with Gasteiger partial charge in [0.05, 0.1) is 4.92 Å². The van der Waals surface area contributed by atoms with E-state index >= 15 is 0 Å². The van der Waals surface area contributed by atoms with Gasteiger partial charge in [-0.2, -0.15) is 0 Å². The van der Waals surface area contributed by atoms with Gasteiger partial charge in [0, 0.05) is 23.3 Å². The molecule has 1 aromatic carbocycles. The van der Waals surface area contributed by atoms with Crippen molar-refractivity contribution in [1.82, 2.24) is 5.16 Å². The van der Waals surface area contributed by atoms with Gasteiger partial charge in [-0.3, -0.25) is 10.1 Å².